The van der Waals surface area contributed by atoms with Crippen LogP contribution in [0.25, 0.3) is 0 Å². The molecule has 0 aromatic rings. The number of nitrogens with zero attached hydrogens (tertiary/aromatic N) is 1. The van der Waals surface area contributed by atoms with Gasteiger partial charge in [-0.3, -0.25) is 0 Å². The number of rotatable bonds is 3. The predicted molar refractivity (Wildman–Crippen MR) is 60.3 cm³/mol. The lowest BCUT2D eigenvalue weighted by Gasteiger charge is -2.34. The fourth-order valence-electron chi connectivity index (χ4n) is 2.89. The molecule has 82 valence electrons. The lowest BCUT2D eigenvalue weighted by molar-refractivity contribution is 0.230. The minimum absolute atomic E-state index is 0.195. The van der Waals surface area contributed by atoms with Crippen molar-refractivity contribution in [3.05, 3.63) is 0 Å². The first-order chi connectivity index (χ1) is 6.79. The Kier molecular flexibility index (Phi) is 3.45. The van der Waals surface area contributed by atoms with E-state index in [1.54, 1.807) is 0 Å². The van der Waals surface area contributed by atoms with Gasteiger partial charge in [-0.1, -0.05) is 19.3 Å². The van der Waals surface area contributed by atoms with Gasteiger partial charge in [0, 0.05) is 5.54 Å². The standard InChI is InChI=1S/C12H24N2/c13-12(6-2-1-3-7-12)8-11-14-9-4-5-10-14/h1-11,13H2. The van der Waals surface area contributed by atoms with Gasteiger partial charge in [-0.15, -0.1) is 0 Å². The Labute approximate surface area is 87.8 Å². The smallest absolute Gasteiger partial charge is 0.0166 e. The minimum atomic E-state index is 0.195. The molecule has 0 amide bonds. The van der Waals surface area contributed by atoms with Gasteiger partial charge in [0.2, 0.25) is 0 Å². The normalized spacial score (nSPS) is 28.1. The maximum atomic E-state index is 6.41. The molecular weight excluding hydrogens is 172 g/mol. The zero-order valence-corrected chi connectivity index (χ0v) is 9.30. The molecule has 2 fully saturated rings. The van der Waals surface area contributed by atoms with Crippen LogP contribution in [0.4, 0.5) is 0 Å². The van der Waals surface area contributed by atoms with E-state index in [1.807, 2.05) is 0 Å². The van der Waals surface area contributed by atoms with Crippen molar-refractivity contribution >= 4 is 0 Å². The van der Waals surface area contributed by atoms with Crippen LogP contribution >= 0.6 is 0 Å². The molecule has 1 heterocycles. The van der Waals surface area contributed by atoms with Crippen molar-refractivity contribution in [2.24, 2.45) is 5.73 Å². The molecule has 1 aliphatic heterocycles. The van der Waals surface area contributed by atoms with Gasteiger partial charge in [0.25, 0.3) is 0 Å². The molecule has 1 aliphatic carbocycles. The highest BCUT2D eigenvalue weighted by Crippen LogP contribution is 2.29. The zero-order valence-electron chi connectivity index (χ0n) is 9.30. The molecular formula is C12H24N2. The van der Waals surface area contributed by atoms with Crippen molar-refractivity contribution in [2.45, 2.75) is 56.9 Å². The van der Waals surface area contributed by atoms with Crippen molar-refractivity contribution in [1.29, 1.82) is 0 Å². The Bertz CT molecular complexity index is 167. The summed E-state index contributed by atoms with van der Waals surface area (Å²) in [6.07, 6.45) is 10.7. The van der Waals surface area contributed by atoms with Crippen LogP contribution in [0.15, 0.2) is 0 Å². The highest BCUT2D eigenvalue weighted by Gasteiger charge is 2.27. The van der Waals surface area contributed by atoms with Crippen LogP contribution in [0.2, 0.25) is 0 Å². The summed E-state index contributed by atoms with van der Waals surface area (Å²) in [7, 11) is 0. The molecule has 1 saturated carbocycles. The lowest BCUT2D eigenvalue weighted by Crippen LogP contribution is -2.44. The summed E-state index contributed by atoms with van der Waals surface area (Å²) in [6.45, 7) is 3.88. The molecule has 0 aromatic heterocycles. The van der Waals surface area contributed by atoms with Crippen LogP contribution in [0, 0.1) is 0 Å². The quantitative estimate of drug-likeness (QED) is 0.749. The molecule has 0 unspecified atom stereocenters. The summed E-state index contributed by atoms with van der Waals surface area (Å²) < 4.78 is 0. The average molecular weight is 196 g/mol. The van der Waals surface area contributed by atoms with Gasteiger partial charge in [0.15, 0.2) is 0 Å². The van der Waals surface area contributed by atoms with E-state index in [-0.39, 0.29) is 5.54 Å². The Balaban J connectivity index is 1.72. The summed E-state index contributed by atoms with van der Waals surface area (Å²) >= 11 is 0. The van der Waals surface area contributed by atoms with Crippen LogP contribution in [0.3, 0.4) is 0 Å². The number of hydrogen-bond donors (Lipinski definition) is 1. The fourth-order valence-corrected chi connectivity index (χ4v) is 2.89. The van der Waals surface area contributed by atoms with Gasteiger partial charge in [0.05, 0.1) is 0 Å². The van der Waals surface area contributed by atoms with Crippen molar-refractivity contribution < 1.29 is 0 Å². The molecule has 0 aromatic carbocycles. The van der Waals surface area contributed by atoms with Gasteiger partial charge < -0.3 is 10.6 Å². The van der Waals surface area contributed by atoms with E-state index in [4.69, 9.17) is 5.73 Å². The highest BCUT2D eigenvalue weighted by atomic mass is 15.1. The second kappa shape index (κ2) is 4.63. The number of nitrogens with two attached hydrogens (primary N) is 1. The van der Waals surface area contributed by atoms with Gasteiger partial charge in [0.1, 0.15) is 0 Å². The minimum Gasteiger partial charge on any atom is -0.325 e. The molecule has 0 radical (unpaired) electrons. The highest BCUT2D eigenvalue weighted by molar-refractivity contribution is 4.88. The summed E-state index contributed by atoms with van der Waals surface area (Å²) in [6, 6.07) is 0. The molecule has 2 aliphatic rings. The van der Waals surface area contributed by atoms with Crippen LogP contribution in [-0.4, -0.2) is 30.1 Å². The third kappa shape index (κ3) is 2.71. The van der Waals surface area contributed by atoms with Crippen molar-refractivity contribution in [1.82, 2.24) is 4.90 Å². The van der Waals surface area contributed by atoms with Gasteiger partial charge in [-0.2, -0.15) is 0 Å². The molecule has 2 heteroatoms. The monoisotopic (exact) mass is 196 g/mol. The third-order valence-electron chi connectivity index (χ3n) is 3.97. The summed E-state index contributed by atoms with van der Waals surface area (Å²) in [4.78, 5) is 2.59. The number of hydrogen-bond acceptors (Lipinski definition) is 2. The van der Waals surface area contributed by atoms with Crippen molar-refractivity contribution in [3.8, 4) is 0 Å². The fraction of sp³-hybridized carbons (Fsp3) is 1.00. The SMILES string of the molecule is NC1(CCN2CCCC2)CCCCC1. The van der Waals surface area contributed by atoms with Crippen LogP contribution < -0.4 is 5.73 Å². The van der Waals surface area contributed by atoms with Gasteiger partial charge in [-0.25, -0.2) is 0 Å². The molecule has 0 atom stereocenters. The van der Waals surface area contributed by atoms with Gasteiger partial charge >= 0.3 is 0 Å². The molecule has 0 spiro atoms. The van der Waals surface area contributed by atoms with Crippen LogP contribution in [-0.2, 0) is 0 Å². The van der Waals surface area contributed by atoms with Crippen LogP contribution in [0.5, 0.6) is 0 Å². The number of likely N-dealkylation sites (tertiary alicyclic amines) is 1. The maximum absolute atomic E-state index is 6.41. The van der Waals surface area contributed by atoms with E-state index in [2.05, 4.69) is 4.90 Å². The van der Waals surface area contributed by atoms with E-state index in [9.17, 15) is 0 Å². The first-order valence-electron chi connectivity index (χ1n) is 6.30. The van der Waals surface area contributed by atoms with Crippen LogP contribution in [0.1, 0.15) is 51.4 Å². The second-order valence-corrected chi connectivity index (χ2v) is 5.22. The largest absolute Gasteiger partial charge is 0.325 e. The lowest BCUT2D eigenvalue weighted by atomic mass is 9.80. The van der Waals surface area contributed by atoms with E-state index in [1.165, 1.54) is 71.0 Å². The van der Waals surface area contributed by atoms with E-state index >= 15 is 0 Å². The maximum Gasteiger partial charge on any atom is 0.0166 e. The topological polar surface area (TPSA) is 29.3 Å². The first kappa shape index (κ1) is 10.4. The van der Waals surface area contributed by atoms with E-state index in [0.717, 1.165) is 0 Å². The van der Waals surface area contributed by atoms with Crippen molar-refractivity contribution in [2.75, 3.05) is 19.6 Å². The van der Waals surface area contributed by atoms with Gasteiger partial charge in [-0.05, 0) is 51.7 Å². The molecule has 2 nitrogen and oxygen atoms in total. The third-order valence-corrected chi connectivity index (χ3v) is 3.97. The molecule has 2 rings (SSSR count). The molecule has 1 saturated heterocycles. The summed E-state index contributed by atoms with van der Waals surface area (Å²) in [5.41, 5.74) is 6.61. The molecule has 0 bridgehead atoms. The Morgan fingerprint density at radius 1 is 0.929 bits per heavy atom. The van der Waals surface area contributed by atoms with E-state index < -0.39 is 0 Å². The zero-order chi connectivity index (χ0) is 9.86. The second-order valence-electron chi connectivity index (χ2n) is 5.22. The predicted octanol–water partition coefficient (Wildman–Crippen LogP) is 2.13. The first-order valence-corrected chi connectivity index (χ1v) is 6.30. The Hall–Kier alpha value is -0.0800. The molecule has 14 heavy (non-hydrogen) atoms. The Morgan fingerprint density at radius 2 is 1.57 bits per heavy atom. The van der Waals surface area contributed by atoms with Crippen molar-refractivity contribution in [3.63, 3.8) is 0 Å². The average Bonchev–Trinajstić information content (AvgIpc) is 2.69. The van der Waals surface area contributed by atoms with E-state index in [0.29, 0.717) is 0 Å². The Morgan fingerprint density at radius 3 is 2.21 bits per heavy atom. The summed E-state index contributed by atoms with van der Waals surface area (Å²) in [5, 5.41) is 0. The summed E-state index contributed by atoms with van der Waals surface area (Å²) in [5.74, 6) is 0. The molecule has 2 N–H and O–H groups in total.